The Morgan fingerprint density at radius 2 is 1.71 bits per heavy atom. The number of nitrogens with zero attached hydrogens (tertiary/aromatic N) is 1. The van der Waals surface area contributed by atoms with Crippen LogP contribution in [0.25, 0.3) is 11.0 Å². The van der Waals surface area contributed by atoms with Gasteiger partial charge in [-0.2, -0.15) is 0 Å². The van der Waals surface area contributed by atoms with Gasteiger partial charge in [0.15, 0.2) is 0 Å². The molecule has 1 heterocycles. The maximum Gasteiger partial charge on any atom is 0.134 e. The lowest BCUT2D eigenvalue weighted by atomic mass is 10.1. The van der Waals surface area contributed by atoms with Crippen LogP contribution in [-0.4, -0.2) is 22.6 Å². The predicted octanol–water partition coefficient (Wildman–Crippen LogP) is 4.77. The summed E-state index contributed by atoms with van der Waals surface area (Å²) in [5, 5.41) is 11.5. The van der Waals surface area contributed by atoms with E-state index < -0.39 is 6.10 Å². The van der Waals surface area contributed by atoms with Crippen molar-refractivity contribution in [3.8, 4) is 0 Å². The van der Waals surface area contributed by atoms with E-state index in [1.54, 1.807) is 0 Å². The van der Waals surface area contributed by atoms with Gasteiger partial charge in [0.2, 0.25) is 0 Å². The summed E-state index contributed by atoms with van der Waals surface area (Å²) in [6.07, 6.45) is 0.0830. The molecule has 1 atom stereocenters. The molecule has 0 amide bonds. The van der Waals surface area contributed by atoms with E-state index in [9.17, 15) is 5.11 Å². The summed E-state index contributed by atoms with van der Waals surface area (Å²) in [6.45, 7) is 6.10. The lowest BCUT2D eigenvalue weighted by Crippen LogP contribution is -2.32. The normalized spacial score (nSPS) is 13.0. The predicted molar refractivity (Wildman–Crippen MR) is 97.8 cm³/mol. The average Bonchev–Trinajstić information content (AvgIpc) is 3.03. The number of hydrogen-bond acceptors (Lipinski definition) is 3. The van der Waals surface area contributed by atoms with Gasteiger partial charge in [-0.3, -0.25) is 4.90 Å². The zero-order chi connectivity index (χ0) is 16.9. The highest BCUT2D eigenvalue weighted by atomic mass is 16.4. The van der Waals surface area contributed by atoms with Crippen LogP contribution >= 0.6 is 0 Å². The Bertz CT molecular complexity index is 731. The molecule has 0 radical (unpaired) electrons. The fourth-order valence-electron chi connectivity index (χ4n) is 2.93. The first-order valence-electron chi connectivity index (χ1n) is 8.58. The SMILES string of the molecule is CC(C)N(CCC(O)c1cc2ccccc2o1)Cc1ccccc1. The van der Waals surface area contributed by atoms with Crippen molar-refractivity contribution in [1.82, 2.24) is 4.90 Å². The van der Waals surface area contributed by atoms with Gasteiger partial charge >= 0.3 is 0 Å². The molecule has 0 saturated heterocycles. The Labute approximate surface area is 143 Å². The molecule has 0 spiro atoms. The summed E-state index contributed by atoms with van der Waals surface area (Å²) in [7, 11) is 0. The van der Waals surface area contributed by atoms with E-state index in [4.69, 9.17) is 4.42 Å². The van der Waals surface area contributed by atoms with Crippen molar-refractivity contribution in [2.45, 2.75) is 39.0 Å². The number of benzene rings is 2. The molecule has 3 heteroatoms. The molecule has 0 aliphatic rings. The van der Waals surface area contributed by atoms with Crippen molar-refractivity contribution in [2.75, 3.05) is 6.54 Å². The number of furan rings is 1. The highest BCUT2D eigenvalue weighted by Gasteiger charge is 2.17. The van der Waals surface area contributed by atoms with Gasteiger partial charge in [0.1, 0.15) is 17.4 Å². The molecule has 2 aromatic carbocycles. The van der Waals surface area contributed by atoms with E-state index in [-0.39, 0.29) is 0 Å². The van der Waals surface area contributed by atoms with E-state index >= 15 is 0 Å². The molecular formula is C21H25NO2. The number of aliphatic hydroxyl groups excluding tert-OH is 1. The van der Waals surface area contributed by atoms with Gasteiger partial charge in [-0.05, 0) is 38.0 Å². The fourth-order valence-corrected chi connectivity index (χ4v) is 2.93. The lowest BCUT2D eigenvalue weighted by molar-refractivity contribution is 0.110. The molecule has 1 unspecified atom stereocenters. The molecule has 0 aliphatic carbocycles. The van der Waals surface area contributed by atoms with Crippen LogP contribution in [0.2, 0.25) is 0 Å². The molecule has 0 aliphatic heterocycles. The van der Waals surface area contributed by atoms with Crippen LogP contribution in [0, 0.1) is 0 Å². The first-order valence-corrected chi connectivity index (χ1v) is 8.58. The lowest BCUT2D eigenvalue weighted by Gasteiger charge is -2.27. The van der Waals surface area contributed by atoms with Gasteiger partial charge in [0.05, 0.1) is 0 Å². The summed E-state index contributed by atoms with van der Waals surface area (Å²) >= 11 is 0. The van der Waals surface area contributed by atoms with Crippen molar-refractivity contribution in [3.63, 3.8) is 0 Å². The van der Waals surface area contributed by atoms with E-state index in [0.717, 1.165) is 24.1 Å². The molecular weight excluding hydrogens is 298 g/mol. The third kappa shape index (κ3) is 4.05. The van der Waals surface area contributed by atoms with Crippen molar-refractivity contribution in [1.29, 1.82) is 0 Å². The molecule has 3 aromatic rings. The van der Waals surface area contributed by atoms with E-state index in [2.05, 4.69) is 43.0 Å². The molecule has 0 fully saturated rings. The minimum Gasteiger partial charge on any atom is -0.458 e. The third-order valence-electron chi connectivity index (χ3n) is 4.42. The first kappa shape index (κ1) is 16.7. The Kier molecular flexibility index (Phi) is 5.34. The van der Waals surface area contributed by atoms with Crippen LogP contribution in [0.3, 0.4) is 0 Å². The van der Waals surface area contributed by atoms with Crippen LogP contribution in [0.1, 0.15) is 37.7 Å². The quantitative estimate of drug-likeness (QED) is 0.680. The Morgan fingerprint density at radius 3 is 2.42 bits per heavy atom. The van der Waals surface area contributed by atoms with Crippen LogP contribution in [0.5, 0.6) is 0 Å². The zero-order valence-corrected chi connectivity index (χ0v) is 14.4. The first-order chi connectivity index (χ1) is 11.6. The van der Waals surface area contributed by atoms with Crippen molar-refractivity contribution < 1.29 is 9.52 Å². The summed E-state index contributed by atoms with van der Waals surface area (Å²) in [6, 6.07) is 20.7. The Balaban J connectivity index is 1.63. The minimum atomic E-state index is -0.575. The summed E-state index contributed by atoms with van der Waals surface area (Å²) in [5.41, 5.74) is 2.13. The number of fused-ring (bicyclic) bond motifs is 1. The van der Waals surface area contributed by atoms with Gasteiger partial charge in [0.25, 0.3) is 0 Å². The second-order valence-corrected chi connectivity index (χ2v) is 6.54. The molecule has 1 N–H and O–H groups in total. The highest BCUT2D eigenvalue weighted by Crippen LogP contribution is 2.26. The van der Waals surface area contributed by atoms with Crippen LogP contribution in [0.4, 0.5) is 0 Å². The van der Waals surface area contributed by atoms with Crippen LogP contribution in [0.15, 0.2) is 65.1 Å². The van der Waals surface area contributed by atoms with Crippen LogP contribution in [-0.2, 0) is 6.54 Å². The maximum absolute atomic E-state index is 10.5. The van der Waals surface area contributed by atoms with E-state index in [1.165, 1.54) is 5.56 Å². The molecule has 126 valence electrons. The van der Waals surface area contributed by atoms with Crippen LogP contribution < -0.4 is 0 Å². The van der Waals surface area contributed by atoms with Gasteiger partial charge in [-0.1, -0.05) is 48.5 Å². The van der Waals surface area contributed by atoms with Gasteiger partial charge in [0, 0.05) is 24.5 Å². The molecule has 3 nitrogen and oxygen atoms in total. The zero-order valence-electron chi connectivity index (χ0n) is 14.4. The maximum atomic E-state index is 10.5. The third-order valence-corrected chi connectivity index (χ3v) is 4.42. The molecule has 24 heavy (non-hydrogen) atoms. The topological polar surface area (TPSA) is 36.6 Å². The number of hydrogen-bond donors (Lipinski definition) is 1. The minimum absolute atomic E-state index is 0.424. The smallest absolute Gasteiger partial charge is 0.134 e. The highest BCUT2D eigenvalue weighted by molar-refractivity contribution is 5.77. The van der Waals surface area contributed by atoms with Crippen molar-refractivity contribution in [3.05, 3.63) is 72.0 Å². The largest absolute Gasteiger partial charge is 0.458 e. The van der Waals surface area contributed by atoms with Gasteiger partial charge < -0.3 is 9.52 Å². The second kappa shape index (κ2) is 7.65. The Hall–Kier alpha value is -2.10. The van der Waals surface area contributed by atoms with E-state index in [0.29, 0.717) is 18.2 Å². The fraction of sp³-hybridized carbons (Fsp3) is 0.333. The molecule has 1 aromatic heterocycles. The number of aliphatic hydroxyl groups is 1. The number of rotatable bonds is 7. The summed E-state index contributed by atoms with van der Waals surface area (Å²) < 4.78 is 5.77. The standard InChI is InChI=1S/C21H25NO2/c1-16(2)22(15-17-8-4-3-5-9-17)13-12-19(23)21-14-18-10-6-7-11-20(18)24-21/h3-11,14,16,19,23H,12-13,15H2,1-2H3. The molecule has 0 saturated carbocycles. The second-order valence-electron chi connectivity index (χ2n) is 6.54. The van der Waals surface area contributed by atoms with E-state index in [1.807, 2.05) is 36.4 Å². The number of para-hydroxylation sites is 1. The molecule has 0 bridgehead atoms. The summed E-state index contributed by atoms with van der Waals surface area (Å²) in [4.78, 5) is 2.38. The van der Waals surface area contributed by atoms with Gasteiger partial charge in [-0.15, -0.1) is 0 Å². The monoisotopic (exact) mass is 323 g/mol. The van der Waals surface area contributed by atoms with Crippen molar-refractivity contribution >= 4 is 11.0 Å². The average molecular weight is 323 g/mol. The Morgan fingerprint density at radius 1 is 1.00 bits per heavy atom. The summed E-state index contributed by atoms with van der Waals surface area (Å²) in [5.74, 6) is 0.652. The van der Waals surface area contributed by atoms with Crippen molar-refractivity contribution in [2.24, 2.45) is 0 Å². The van der Waals surface area contributed by atoms with Gasteiger partial charge in [-0.25, -0.2) is 0 Å². The molecule has 3 rings (SSSR count).